The van der Waals surface area contributed by atoms with E-state index >= 15 is 0 Å². The summed E-state index contributed by atoms with van der Waals surface area (Å²) in [6.07, 6.45) is -2.46. The maximum atomic E-state index is 14.1. The summed E-state index contributed by atoms with van der Waals surface area (Å²) >= 11 is 0. The summed E-state index contributed by atoms with van der Waals surface area (Å²) in [5, 5.41) is 9.84. The molecule has 114 valence electrons. The first-order valence-corrected chi connectivity index (χ1v) is 7.90. The molecule has 4 nitrogen and oxygen atoms in total. The largest absolute Gasteiger partial charge is 0.399 e. The molecule has 0 spiro atoms. The molecule has 0 aliphatic rings. The molecule has 0 saturated heterocycles. The minimum Gasteiger partial charge on any atom is -0.388 e. The van der Waals surface area contributed by atoms with Crippen LogP contribution in [0.4, 0.5) is 8.78 Å². The molecule has 0 amide bonds. The molecule has 0 heterocycles. The van der Waals surface area contributed by atoms with Gasteiger partial charge in [-0.15, -0.1) is 0 Å². The molecule has 0 bridgehead atoms. The predicted octanol–water partition coefficient (Wildman–Crippen LogP) is 3.97. The van der Waals surface area contributed by atoms with Crippen LogP contribution in [0.15, 0.2) is 30.3 Å². The van der Waals surface area contributed by atoms with Crippen molar-refractivity contribution in [3.63, 3.8) is 0 Å². The van der Waals surface area contributed by atoms with E-state index in [0.29, 0.717) is 5.56 Å². The highest BCUT2D eigenvalue weighted by Gasteiger charge is 2.54. The summed E-state index contributed by atoms with van der Waals surface area (Å²) in [6, 6.07) is 8.00. The van der Waals surface area contributed by atoms with Gasteiger partial charge in [0, 0.05) is 0 Å². The van der Waals surface area contributed by atoms with Crippen LogP contribution in [0.1, 0.15) is 31.9 Å². The Bertz CT molecular complexity index is 443. The van der Waals surface area contributed by atoms with Gasteiger partial charge < -0.3 is 14.2 Å². The first-order chi connectivity index (χ1) is 9.36. The normalized spacial score (nSPS) is 14.2. The van der Waals surface area contributed by atoms with E-state index in [1.54, 1.807) is 18.2 Å². The van der Waals surface area contributed by atoms with E-state index in [-0.39, 0.29) is 13.2 Å². The van der Waals surface area contributed by atoms with E-state index in [0.717, 1.165) is 0 Å². The first-order valence-electron chi connectivity index (χ1n) is 6.36. The van der Waals surface area contributed by atoms with Crippen molar-refractivity contribution < 1.29 is 27.5 Å². The van der Waals surface area contributed by atoms with E-state index in [9.17, 15) is 18.5 Å². The maximum absolute atomic E-state index is 14.1. The third-order valence-corrected chi connectivity index (χ3v) is 4.80. The molecule has 1 rings (SSSR count). The van der Waals surface area contributed by atoms with Gasteiger partial charge in [-0.05, 0) is 19.4 Å². The van der Waals surface area contributed by atoms with Crippen molar-refractivity contribution in [3.05, 3.63) is 35.9 Å². The summed E-state index contributed by atoms with van der Waals surface area (Å²) in [5.41, 5.74) is -3.43. The van der Waals surface area contributed by atoms with Gasteiger partial charge in [0.25, 0.3) is 0 Å². The summed E-state index contributed by atoms with van der Waals surface area (Å²) in [6.45, 7) is 2.59. The van der Waals surface area contributed by atoms with Gasteiger partial charge in [0.1, 0.15) is 0 Å². The second-order valence-corrected chi connectivity index (χ2v) is 6.30. The smallest absolute Gasteiger partial charge is 0.388 e. The molecule has 1 unspecified atom stereocenters. The summed E-state index contributed by atoms with van der Waals surface area (Å²) in [7, 11) is -4.59. The second kappa shape index (κ2) is 7.27. The zero-order valence-electron chi connectivity index (χ0n) is 11.5. The Morgan fingerprint density at radius 2 is 1.70 bits per heavy atom. The van der Waals surface area contributed by atoms with Crippen LogP contribution in [-0.2, 0) is 13.6 Å². The van der Waals surface area contributed by atoms with E-state index in [1.165, 1.54) is 26.0 Å². The quantitative estimate of drug-likeness (QED) is 0.738. The van der Waals surface area contributed by atoms with Crippen molar-refractivity contribution >= 4 is 7.60 Å². The van der Waals surface area contributed by atoms with Gasteiger partial charge in [-0.25, -0.2) is 0 Å². The Morgan fingerprint density at radius 3 is 2.15 bits per heavy atom. The molecule has 0 radical (unpaired) electrons. The number of halogens is 2. The fraction of sp³-hybridized carbons (Fsp3) is 0.538. The maximum Gasteiger partial charge on any atom is 0.399 e. The lowest BCUT2D eigenvalue weighted by Gasteiger charge is -2.27. The van der Waals surface area contributed by atoms with Crippen LogP contribution in [0.5, 0.6) is 0 Å². The highest BCUT2D eigenvalue weighted by atomic mass is 31.2. The third-order valence-electron chi connectivity index (χ3n) is 2.62. The molecule has 20 heavy (non-hydrogen) atoms. The average Bonchev–Trinajstić information content (AvgIpc) is 2.39. The Morgan fingerprint density at radius 1 is 1.20 bits per heavy atom. The van der Waals surface area contributed by atoms with E-state index in [2.05, 4.69) is 9.05 Å². The van der Waals surface area contributed by atoms with E-state index < -0.39 is 25.8 Å². The highest BCUT2D eigenvalue weighted by Crippen LogP contribution is 2.64. The molecule has 0 fully saturated rings. The monoisotopic (exact) mass is 308 g/mol. The van der Waals surface area contributed by atoms with Gasteiger partial charge in [-0.2, -0.15) is 8.78 Å². The van der Waals surface area contributed by atoms with Crippen molar-refractivity contribution in [2.24, 2.45) is 0 Å². The zero-order chi connectivity index (χ0) is 15.2. The first kappa shape index (κ1) is 17.2. The minimum absolute atomic E-state index is 0.158. The Hall–Kier alpha value is -0.810. The summed E-state index contributed by atoms with van der Waals surface area (Å²) in [4.78, 5) is 0. The molecule has 7 heteroatoms. The summed E-state index contributed by atoms with van der Waals surface area (Å²) < 4.78 is 49.6. The van der Waals surface area contributed by atoms with E-state index in [4.69, 9.17) is 0 Å². The SMILES string of the molecule is CCOP(=O)(OCC)C(F)(F)CC(O)c1ccccc1. The Kier molecular flexibility index (Phi) is 6.27. The molecule has 1 aromatic rings. The Labute approximate surface area is 117 Å². The van der Waals surface area contributed by atoms with Crippen molar-refractivity contribution in [1.82, 2.24) is 0 Å². The predicted molar refractivity (Wildman–Crippen MR) is 71.8 cm³/mol. The topological polar surface area (TPSA) is 55.8 Å². The lowest BCUT2D eigenvalue weighted by Crippen LogP contribution is -2.23. The third kappa shape index (κ3) is 4.09. The fourth-order valence-electron chi connectivity index (χ4n) is 1.70. The number of alkyl halides is 2. The van der Waals surface area contributed by atoms with Gasteiger partial charge in [0.15, 0.2) is 0 Å². The standard InChI is InChI=1S/C13H19F2O4P/c1-3-18-20(17,19-4-2)13(14,15)10-12(16)11-8-6-5-7-9-11/h5-9,12,16H,3-4,10H2,1-2H3. The van der Waals surface area contributed by atoms with Crippen LogP contribution in [0.3, 0.4) is 0 Å². The van der Waals surface area contributed by atoms with Gasteiger partial charge >= 0.3 is 13.3 Å². The van der Waals surface area contributed by atoms with Crippen LogP contribution in [0, 0.1) is 0 Å². The van der Waals surface area contributed by atoms with Crippen LogP contribution in [0.25, 0.3) is 0 Å². The van der Waals surface area contributed by atoms with Gasteiger partial charge in [0.2, 0.25) is 0 Å². The van der Waals surface area contributed by atoms with Crippen LogP contribution < -0.4 is 0 Å². The number of aliphatic hydroxyl groups excluding tert-OH is 1. The highest BCUT2D eigenvalue weighted by molar-refractivity contribution is 7.55. The number of aliphatic hydroxyl groups is 1. The molecule has 0 aliphatic heterocycles. The van der Waals surface area contributed by atoms with E-state index in [1.807, 2.05) is 0 Å². The molecule has 0 aromatic heterocycles. The van der Waals surface area contributed by atoms with Crippen molar-refractivity contribution in [2.45, 2.75) is 32.0 Å². The van der Waals surface area contributed by atoms with Crippen molar-refractivity contribution in [3.8, 4) is 0 Å². The number of rotatable bonds is 8. The van der Waals surface area contributed by atoms with Crippen molar-refractivity contribution in [1.29, 1.82) is 0 Å². The fourth-order valence-corrected chi connectivity index (χ4v) is 3.23. The molecular weight excluding hydrogens is 289 g/mol. The molecular formula is C13H19F2O4P. The Balaban J connectivity index is 2.89. The molecule has 0 saturated carbocycles. The van der Waals surface area contributed by atoms with Crippen LogP contribution in [-0.4, -0.2) is 24.0 Å². The lowest BCUT2D eigenvalue weighted by molar-refractivity contribution is -0.00692. The van der Waals surface area contributed by atoms with Gasteiger partial charge in [-0.1, -0.05) is 30.3 Å². The van der Waals surface area contributed by atoms with Gasteiger partial charge in [0.05, 0.1) is 25.7 Å². The minimum atomic E-state index is -4.59. The van der Waals surface area contributed by atoms with Crippen LogP contribution in [0.2, 0.25) is 0 Å². The van der Waals surface area contributed by atoms with Crippen LogP contribution >= 0.6 is 7.60 Å². The molecule has 1 N–H and O–H groups in total. The average molecular weight is 308 g/mol. The molecule has 1 aromatic carbocycles. The molecule has 0 aliphatic carbocycles. The molecule has 1 atom stereocenters. The second-order valence-electron chi connectivity index (χ2n) is 4.13. The number of hydrogen-bond acceptors (Lipinski definition) is 4. The number of benzene rings is 1. The number of hydrogen-bond donors (Lipinski definition) is 1. The van der Waals surface area contributed by atoms with Gasteiger partial charge in [-0.3, -0.25) is 4.57 Å². The lowest BCUT2D eigenvalue weighted by atomic mass is 10.1. The summed E-state index contributed by atoms with van der Waals surface area (Å²) in [5.74, 6) is 0. The zero-order valence-corrected chi connectivity index (χ0v) is 12.4. The van der Waals surface area contributed by atoms with Crippen molar-refractivity contribution in [2.75, 3.05) is 13.2 Å².